The van der Waals surface area contributed by atoms with Gasteiger partial charge in [0.05, 0.1) is 12.5 Å². The Balaban J connectivity index is 2.08. The van der Waals surface area contributed by atoms with Crippen molar-refractivity contribution in [1.82, 2.24) is 20.4 Å². The molecule has 0 radical (unpaired) electrons. The van der Waals surface area contributed by atoms with E-state index in [-0.39, 0.29) is 12.0 Å². The zero-order chi connectivity index (χ0) is 15.4. The van der Waals surface area contributed by atoms with Crippen molar-refractivity contribution in [2.24, 2.45) is 0 Å². The molecule has 120 valence electrons. The van der Waals surface area contributed by atoms with Crippen LogP contribution in [0, 0.1) is 0 Å². The maximum atomic E-state index is 5.82. The summed E-state index contributed by atoms with van der Waals surface area (Å²) in [6.07, 6.45) is 0.883. The van der Waals surface area contributed by atoms with E-state index in [0.717, 1.165) is 26.1 Å². The van der Waals surface area contributed by atoms with Gasteiger partial charge < -0.3 is 14.6 Å². The number of hydrogen-bond donors (Lipinski definition) is 1. The fourth-order valence-electron chi connectivity index (χ4n) is 2.77. The highest BCUT2D eigenvalue weighted by atomic mass is 16.5. The molecule has 0 spiro atoms. The Morgan fingerprint density at radius 1 is 1.38 bits per heavy atom. The van der Waals surface area contributed by atoms with E-state index in [2.05, 4.69) is 48.1 Å². The van der Waals surface area contributed by atoms with E-state index >= 15 is 0 Å². The van der Waals surface area contributed by atoms with Gasteiger partial charge in [-0.3, -0.25) is 4.90 Å². The van der Waals surface area contributed by atoms with E-state index < -0.39 is 0 Å². The Hall–Kier alpha value is -0.980. The van der Waals surface area contributed by atoms with Gasteiger partial charge in [0.15, 0.2) is 0 Å². The highest BCUT2D eigenvalue weighted by Crippen LogP contribution is 2.26. The minimum atomic E-state index is -0.0824. The van der Waals surface area contributed by atoms with E-state index in [1.165, 1.54) is 0 Å². The van der Waals surface area contributed by atoms with Crippen molar-refractivity contribution in [2.45, 2.75) is 58.2 Å². The first-order chi connectivity index (χ1) is 10.1. The Kier molecular flexibility index (Phi) is 5.72. The van der Waals surface area contributed by atoms with Gasteiger partial charge in [-0.1, -0.05) is 12.1 Å². The average molecular weight is 296 g/mol. The van der Waals surface area contributed by atoms with Crippen molar-refractivity contribution in [3.8, 4) is 0 Å². The smallest absolute Gasteiger partial charge is 0.231 e. The Bertz CT molecular complexity index is 435. The second-order valence-electron chi connectivity index (χ2n) is 6.03. The highest BCUT2D eigenvalue weighted by molar-refractivity contribution is 5.01. The number of rotatable bonds is 6. The summed E-state index contributed by atoms with van der Waals surface area (Å²) in [5.41, 5.74) is 0. The number of ether oxygens (including phenoxy) is 1. The topological polar surface area (TPSA) is 63.4 Å². The first-order valence-electron chi connectivity index (χ1n) is 7.93. The molecule has 1 aliphatic rings. The molecule has 21 heavy (non-hydrogen) atoms. The number of aromatic nitrogens is 2. The van der Waals surface area contributed by atoms with Gasteiger partial charge in [0.2, 0.25) is 11.7 Å². The predicted molar refractivity (Wildman–Crippen MR) is 81.3 cm³/mol. The van der Waals surface area contributed by atoms with Crippen LogP contribution in [0.3, 0.4) is 0 Å². The summed E-state index contributed by atoms with van der Waals surface area (Å²) in [5.74, 6) is 1.62. The van der Waals surface area contributed by atoms with Crippen molar-refractivity contribution in [2.75, 3.05) is 26.7 Å². The molecule has 2 rings (SSSR count). The zero-order valence-corrected chi connectivity index (χ0v) is 13.8. The maximum absolute atomic E-state index is 5.82. The third-order valence-corrected chi connectivity index (χ3v) is 4.39. The van der Waals surface area contributed by atoms with Crippen LogP contribution in [0.5, 0.6) is 0 Å². The number of hydrogen-bond acceptors (Lipinski definition) is 6. The first kappa shape index (κ1) is 16.4. The molecule has 1 saturated heterocycles. The van der Waals surface area contributed by atoms with Crippen LogP contribution in [0.1, 0.15) is 57.9 Å². The molecule has 0 aliphatic carbocycles. The van der Waals surface area contributed by atoms with E-state index in [1.54, 1.807) is 0 Å². The fraction of sp³-hybridized carbons (Fsp3) is 0.867. The molecule has 0 bridgehead atoms. The van der Waals surface area contributed by atoms with Crippen LogP contribution in [-0.4, -0.2) is 53.9 Å². The third kappa shape index (κ3) is 3.81. The SMILES string of the molecule is CCC(c1nc(C2CN(C(C)C)CCO2)no1)C(C)NC. The monoisotopic (exact) mass is 296 g/mol. The van der Waals surface area contributed by atoms with Crippen LogP contribution in [0.25, 0.3) is 0 Å². The molecule has 1 N–H and O–H groups in total. The summed E-state index contributed by atoms with van der Waals surface area (Å²) in [5, 5.41) is 7.41. The van der Waals surface area contributed by atoms with Gasteiger partial charge in [0.1, 0.15) is 6.10 Å². The van der Waals surface area contributed by atoms with Crippen molar-refractivity contribution in [1.29, 1.82) is 0 Å². The lowest BCUT2D eigenvalue weighted by molar-refractivity contribution is -0.0450. The quantitative estimate of drug-likeness (QED) is 0.865. The molecule has 1 aromatic heterocycles. The minimum Gasteiger partial charge on any atom is -0.367 e. The lowest BCUT2D eigenvalue weighted by Crippen LogP contribution is -2.42. The number of morpholine rings is 1. The van der Waals surface area contributed by atoms with Gasteiger partial charge in [-0.05, 0) is 34.2 Å². The second-order valence-corrected chi connectivity index (χ2v) is 6.03. The van der Waals surface area contributed by atoms with Crippen molar-refractivity contribution in [3.63, 3.8) is 0 Å². The molecule has 6 nitrogen and oxygen atoms in total. The summed E-state index contributed by atoms with van der Waals surface area (Å²) in [7, 11) is 1.95. The summed E-state index contributed by atoms with van der Waals surface area (Å²) in [6.45, 7) is 11.2. The number of likely N-dealkylation sites (N-methyl/N-ethyl adjacent to an activating group) is 1. The van der Waals surface area contributed by atoms with Gasteiger partial charge in [0, 0.05) is 25.2 Å². The van der Waals surface area contributed by atoms with Crippen molar-refractivity contribution in [3.05, 3.63) is 11.7 Å². The van der Waals surface area contributed by atoms with E-state index in [1.807, 2.05) is 7.05 Å². The molecule has 1 aromatic rings. The molecule has 1 aliphatic heterocycles. The molecular weight excluding hydrogens is 268 g/mol. The van der Waals surface area contributed by atoms with Crippen LogP contribution in [-0.2, 0) is 4.74 Å². The largest absolute Gasteiger partial charge is 0.367 e. The molecule has 2 heterocycles. The summed E-state index contributed by atoms with van der Waals surface area (Å²) >= 11 is 0. The normalized spacial score (nSPS) is 23.4. The molecule has 3 unspecified atom stereocenters. The number of nitrogens with one attached hydrogen (secondary N) is 1. The average Bonchev–Trinajstić information content (AvgIpc) is 2.97. The molecule has 0 saturated carbocycles. The van der Waals surface area contributed by atoms with Gasteiger partial charge in [0.25, 0.3) is 0 Å². The van der Waals surface area contributed by atoms with Crippen molar-refractivity contribution < 1.29 is 9.26 Å². The molecule has 6 heteroatoms. The Labute approximate surface area is 127 Å². The first-order valence-corrected chi connectivity index (χ1v) is 7.93. The summed E-state index contributed by atoms with van der Waals surface area (Å²) in [6, 6.07) is 0.818. The van der Waals surface area contributed by atoms with Gasteiger partial charge in [-0.25, -0.2) is 0 Å². The van der Waals surface area contributed by atoms with Gasteiger partial charge >= 0.3 is 0 Å². The lowest BCUT2D eigenvalue weighted by atomic mass is 9.98. The van der Waals surface area contributed by atoms with Gasteiger partial charge in [-0.2, -0.15) is 4.98 Å². The van der Waals surface area contributed by atoms with Crippen LogP contribution in [0.15, 0.2) is 4.52 Å². The van der Waals surface area contributed by atoms with Crippen molar-refractivity contribution >= 4 is 0 Å². The second kappa shape index (κ2) is 7.33. The molecular formula is C15H28N4O2. The van der Waals surface area contributed by atoms with Crippen LogP contribution >= 0.6 is 0 Å². The third-order valence-electron chi connectivity index (χ3n) is 4.39. The van der Waals surface area contributed by atoms with E-state index in [4.69, 9.17) is 9.26 Å². The number of nitrogens with zero attached hydrogens (tertiary/aromatic N) is 3. The van der Waals surface area contributed by atoms with E-state index in [9.17, 15) is 0 Å². The highest BCUT2D eigenvalue weighted by Gasteiger charge is 2.29. The molecule has 1 fully saturated rings. The minimum absolute atomic E-state index is 0.0824. The standard InChI is InChI=1S/C15H28N4O2/c1-6-12(11(4)16-5)15-17-14(18-21-15)13-9-19(10(2)3)7-8-20-13/h10-13,16H,6-9H2,1-5H3. The van der Waals surface area contributed by atoms with Gasteiger partial charge in [-0.15, -0.1) is 0 Å². The maximum Gasteiger partial charge on any atom is 0.231 e. The lowest BCUT2D eigenvalue weighted by Gasteiger charge is -2.34. The molecule has 0 amide bonds. The molecule has 0 aromatic carbocycles. The Morgan fingerprint density at radius 3 is 2.76 bits per heavy atom. The van der Waals surface area contributed by atoms with Crippen LogP contribution in [0.2, 0.25) is 0 Å². The molecule has 3 atom stereocenters. The summed E-state index contributed by atoms with van der Waals surface area (Å²) < 4.78 is 11.3. The Morgan fingerprint density at radius 2 is 2.14 bits per heavy atom. The van der Waals surface area contributed by atoms with Crippen LogP contribution < -0.4 is 5.32 Å². The zero-order valence-electron chi connectivity index (χ0n) is 13.8. The summed E-state index contributed by atoms with van der Waals surface area (Å²) in [4.78, 5) is 6.99. The fourth-order valence-corrected chi connectivity index (χ4v) is 2.77. The van der Waals surface area contributed by atoms with Crippen LogP contribution in [0.4, 0.5) is 0 Å². The van der Waals surface area contributed by atoms with E-state index in [0.29, 0.717) is 23.8 Å². The predicted octanol–water partition coefficient (Wildman–Crippen LogP) is 1.95.